The number of halogens is 2. The Morgan fingerprint density at radius 3 is 2.38 bits per heavy atom. The van der Waals surface area contributed by atoms with Gasteiger partial charge in [-0.15, -0.1) is 0 Å². The molecule has 0 unspecified atom stereocenters. The molecule has 4 heteroatoms. The lowest BCUT2D eigenvalue weighted by atomic mass is 10.2. The van der Waals surface area contributed by atoms with Crippen LogP contribution in [0.3, 0.4) is 0 Å². The lowest BCUT2D eigenvalue weighted by molar-refractivity contribution is 0.583. The van der Waals surface area contributed by atoms with Crippen molar-refractivity contribution in [2.75, 3.05) is 13.3 Å². The van der Waals surface area contributed by atoms with E-state index in [0.717, 1.165) is 0 Å². The summed E-state index contributed by atoms with van der Waals surface area (Å²) in [5, 5.41) is 0.327. The van der Waals surface area contributed by atoms with Crippen molar-refractivity contribution in [1.82, 2.24) is 0 Å². The van der Waals surface area contributed by atoms with Crippen molar-refractivity contribution in [3.8, 4) is 0 Å². The van der Waals surface area contributed by atoms with Gasteiger partial charge in [0.05, 0.1) is 0 Å². The molecular weight excluding hydrogens is 254 g/mol. The van der Waals surface area contributed by atoms with Crippen LogP contribution in [-0.2, 0) is 4.57 Å². The largest absolute Gasteiger partial charge is 0.319 e. The van der Waals surface area contributed by atoms with Crippen LogP contribution in [0.25, 0.3) is 0 Å². The number of rotatable bonds is 1. The first-order valence-corrected chi connectivity index (χ1v) is 7.23. The molecule has 1 rings (SSSR count). The minimum Gasteiger partial charge on any atom is -0.319 e. The van der Waals surface area contributed by atoms with Crippen molar-refractivity contribution in [3.05, 3.63) is 28.0 Å². The molecule has 0 atom stereocenters. The van der Waals surface area contributed by atoms with Gasteiger partial charge in [-0.2, -0.15) is 0 Å². The normalized spacial score (nSPS) is 11.8. The summed E-state index contributed by atoms with van der Waals surface area (Å²) < 4.78 is 25.9. The van der Waals surface area contributed by atoms with Gasteiger partial charge in [-0.25, -0.2) is 4.39 Å². The highest BCUT2D eigenvalue weighted by atomic mass is 79.9. The molecular formula is C9H11BrFOP. The number of benzene rings is 1. The monoisotopic (exact) mass is 264 g/mol. The van der Waals surface area contributed by atoms with Gasteiger partial charge >= 0.3 is 0 Å². The van der Waals surface area contributed by atoms with Crippen molar-refractivity contribution in [3.63, 3.8) is 0 Å². The van der Waals surface area contributed by atoms with E-state index in [4.69, 9.17) is 0 Å². The summed E-state index contributed by atoms with van der Waals surface area (Å²) in [6, 6.07) is 3.31. The van der Waals surface area contributed by atoms with Gasteiger partial charge in [0.2, 0.25) is 0 Å². The van der Waals surface area contributed by atoms with Crippen molar-refractivity contribution in [2.45, 2.75) is 6.92 Å². The average molecular weight is 265 g/mol. The van der Waals surface area contributed by atoms with Crippen molar-refractivity contribution in [1.29, 1.82) is 0 Å². The van der Waals surface area contributed by atoms with E-state index < -0.39 is 7.14 Å². The predicted octanol–water partition coefficient (Wildman–Crippen LogP) is 3.14. The molecule has 1 nitrogen and oxygen atoms in total. The summed E-state index contributed by atoms with van der Waals surface area (Å²) in [6.45, 7) is 4.80. The summed E-state index contributed by atoms with van der Waals surface area (Å²) in [7, 11) is -2.50. The molecule has 0 aliphatic rings. The molecule has 72 valence electrons. The molecule has 0 aliphatic carbocycles. The molecule has 0 aliphatic heterocycles. The predicted molar refractivity (Wildman–Crippen MR) is 57.9 cm³/mol. The highest BCUT2D eigenvalue weighted by Crippen LogP contribution is 2.37. The zero-order valence-electron chi connectivity index (χ0n) is 7.77. The number of hydrogen-bond acceptors (Lipinski definition) is 1. The lowest BCUT2D eigenvalue weighted by Gasteiger charge is -2.10. The highest BCUT2D eigenvalue weighted by Gasteiger charge is 2.18. The van der Waals surface area contributed by atoms with Crippen LogP contribution < -0.4 is 5.30 Å². The Hall–Kier alpha value is -0.140. The van der Waals surface area contributed by atoms with Gasteiger partial charge in [-0.05, 0) is 37.9 Å². The minimum atomic E-state index is -2.50. The first-order valence-electron chi connectivity index (χ1n) is 3.84. The van der Waals surface area contributed by atoms with E-state index in [1.165, 1.54) is 0 Å². The maximum atomic E-state index is 13.6. The minimum absolute atomic E-state index is 0.327. The van der Waals surface area contributed by atoms with Crippen molar-refractivity contribution < 1.29 is 8.96 Å². The van der Waals surface area contributed by atoms with Crippen LogP contribution in [0.4, 0.5) is 4.39 Å². The Bertz CT molecular complexity index is 383. The standard InChI is InChI=1S/C9H11BrFOP/c1-6-7(10)4-5-8(9(6)11)13(2,3)12/h4-5H,1-3H3. The van der Waals surface area contributed by atoms with Gasteiger partial charge in [-0.1, -0.05) is 15.9 Å². The van der Waals surface area contributed by atoms with Gasteiger partial charge in [0.15, 0.2) is 0 Å². The fraction of sp³-hybridized carbons (Fsp3) is 0.333. The topological polar surface area (TPSA) is 17.1 Å². The maximum absolute atomic E-state index is 13.6. The van der Waals surface area contributed by atoms with E-state index in [-0.39, 0.29) is 5.82 Å². The third-order valence-corrected chi connectivity index (χ3v) is 4.24. The van der Waals surface area contributed by atoms with E-state index in [1.54, 1.807) is 32.4 Å². The molecule has 0 N–H and O–H groups in total. The van der Waals surface area contributed by atoms with Crippen molar-refractivity contribution in [2.24, 2.45) is 0 Å². The summed E-state index contributed by atoms with van der Waals surface area (Å²) in [6.07, 6.45) is 0. The first-order chi connectivity index (χ1) is 5.84. The zero-order valence-corrected chi connectivity index (χ0v) is 10.2. The summed E-state index contributed by atoms with van der Waals surface area (Å²) in [5.74, 6) is -0.359. The second-order valence-electron chi connectivity index (χ2n) is 3.36. The van der Waals surface area contributed by atoms with E-state index in [0.29, 0.717) is 15.3 Å². The van der Waals surface area contributed by atoms with E-state index in [9.17, 15) is 8.96 Å². The van der Waals surface area contributed by atoms with Crippen LogP contribution in [0.5, 0.6) is 0 Å². The Kier molecular flexibility index (Phi) is 2.98. The maximum Gasteiger partial charge on any atom is 0.137 e. The molecule has 0 amide bonds. The van der Waals surface area contributed by atoms with Crippen LogP contribution in [0.1, 0.15) is 5.56 Å². The third-order valence-electron chi connectivity index (χ3n) is 1.88. The van der Waals surface area contributed by atoms with Gasteiger partial charge in [-0.3, -0.25) is 0 Å². The van der Waals surface area contributed by atoms with Crippen LogP contribution in [0.15, 0.2) is 16.6 Å². The molecule has 13 heavy (non-hydrogen) atoms. The van der Waals surface area contributed by atoms with Gasteiger partial charge in [0.1, 0.15) is 13.0 Å². The summed E-state index contributed by atoms with van der Waals surface area (Å²) >= 11 is 3.22. The summed E-state index contributed by atoms with van der Waals surface area (Å²) in [4.78, 5) is 0. The second kappa shape index (κ2) is 3.55. The average Bonchev–Trinajstić information content (AvgIpc) is 1.98. The molecule has 0 spiro atoms. The fourth-order valence-electron chi connectivity index (χ4n) is 1.06. The van der Waals surface area contributed by atoms with E-state index >= 15 is 0 Å². The van der Waals surface area contributed by atoms with Crippen LogP contribution >= 0.6 is 23.1 Å². The lowest BCUT2D eigenvalue weighted by Crippen LogP contribution is -2.10. The zero-order chi connectivity index (χ0) is 10.2. The molecule has 0 bridgehead atoms. The quantitative estimate of drug-likeness (QED) is 0.713. The van der Waals surface area contributed by atoms with Crippen LogP contribution in [0.2, 0.25) is 0 Å². The smallest absolute Gasteiger partial charge is 0.137 e. The summed E-state index contributed by atoms with van der Waals surface area (Å²) in [5.41, 5.74) is 0.515. The molecule has 1 aromatic rings. The third kappa shape index (κ3) is 2.21. The Balaban J connectivity index is 3.44. The molecule has 0 fully saturated rings. The first kappa shape index (κ1) is 10.9. The van der Waals surface area contributed by atoms with Crippen molar-refractivity contribution >= 4 is 28.4 Å². The van der Waals surface area contributed by atoms with Crippen LogP contribution in [0, 0.1) is 12.7 Å². The van der Waals surface area contributed by atoms with E-state index in [1.807, 2.05) is 0 Å². The Morgan fingerprint density at radius 2 is 1.92 bits per heavy atom. The van der Waals surface area contributed by atoms with Gasteiger partial charge in [0.25, 0.3) is 0 Å². The van der Waals surface area contributed by atoms with Gasteiger partial charge in [0, 0.05) is 9.78 Å². The van der Waals surface area contributed by atoms with Crippen LogP contribution in [-0.4, -0.2) is 13.3 Å². The SMILES string of the molecule is Cc1c(Br)ccc(P(C)(C)=O)c1F. The number of hydrogen-bond donors (Lipinski definition) is 0. The second-order valence-corrected chi connectivity index (χ2v) is 7.39. The molecule has 0 saturated heterocycles. The molecule has 0 saturated carbocycles. The van der Waals surface area contributed by atoms with E-state index in [2.05, 4.69) is 15.9 Å². The molecule has 0 aromatic heterocycles. The molecule has 1 aromatic carbocycles. The highest BCUT2D eigenvalue weighted by molar-refractivity contribution is 9.10. The molecule has 0 heterocycles. The molecule has 0 radical (unpaired) electrons. The Morgan fingerprint density at radius 1 is 1.38 bits per heavy atom. The van der Waals surface area contributed by atoms with Gasteiger partial charge < -0.3 is 4.57 Å². The fourth-order valence-corrected chi connectivity index (χ4v) is 2.44. The Labute approximate surface area is 85.8 Å².